The van der Waals surface area contributed by atoms with Crippen molar-refractivity contribution < 1.29 is 9.59 Å². The molecule has 1 N–H and O–H groups in total. The van der Waals surface area contributed by atoms with E-state index in [-0.39, 0.29) is 30.2 Å². The van der Waals surface area contributed by atoms with Crippen LogP contribution < -0.4 is 5.32 Å². The highest BCUT2D eigenvalue weighted by Crippen LogP contribution is 2.30. The van der Waals surface area contributed by atoms with Crippen LogP contribution in [-0.2, 0) is 22.6 Å². The van der Waals surface area contributed by atoms with Crippen molar-refractivity contribution >= 4 is 11.8 Å². The number of rotatable bonds is 11. The van der Waals surface area contributed by atoms with Crippen molar-refractivity contribution in [3.63, 3.8) is 0 Å². The fourth-order valence-corrected chi connectivity index (χ4v) is 6.20. The molecule has 1 saturated carbocycles. The Morgan fingerprint density at radius 3 is 1.90 bits per heavy atom. The summed E-state index contributed by atoms with van der Waals surface area (Å²) in [5.74, 6) is -0.185. The maximum atomic E-state index is 14.6. The van der Waals surface area contributed by atoms with Crippen molar-refractivity contribution in [3.8, 4) is 0 Å². The Labute approximate surface area is 250 Å². The molecule has 1 aliphatic rings. The summed E-state index contributed by atoms with van der Waals surface area (Å²) in [6.45, 7) is 2.44. The van der Waals surface area contributed by atoms with Crippen LogP contribution in [0.25, 0.3) is 0 Å². The Bertz CT molecular complexity index is 1380. The molecule has 216 valence electrons. The van der Waals surface area contributed by atoms with Gasteiger partial charge in [0, 0.05) is 31.3 Å². The summed E-state index contributed by atoms with van der Waals surface area (Å²) >= 11 is 0. The quantitative estimate of drug-likeness (QED) is 0.206. The SMILES string of the molecule is Cc1cccc(CN(C(=O)CC(c2ccccc2)c2ccccc2)C(Cc2ccccc2)C(=O)NC2CCCCC2)c1. The minimum Gasteiger partial charge on any atom is -0.352 e. The summed E-state index contributed by atoms with van der Waals surface area (Å²) in [5.41, 5.74) is 5.41. The Balaban J connectivity index is 1.51. The first-order valence-electron chi connectivity index (χ1n) is 15.4. The molecule has 42 heavy (non-hydrogen) atoms. The van der Waals surface area contributed by atoms with Gasteiger partial charge in [-0.3, -0.25) is 9.59 Å². The van der Waals surface area contributed by atoms with Crippen LogP contribution in [0.2, 0.25) is 0 Å². The standard InChI is InChI=1S/C38H42N2O2/c1-29-15-14-18-31(25-29)28-40(37(41)27-35(32-19-8-3-9-20-32)33-21-10-4-11-22-33)36(26-30-16-6-2-7-17-30)38(42)39-34-23-12-5-13-24-34/h2-4,6-11,14-22,25,34-36H,5,12-13,23-24,26-28H2,1H3,(H,39,42). The second-order valence-electron chi connectivity index (χ2n) is 11.6. The lowest BCUT2D eigenvalue weighted by atomic mass is 9.87. The molecule has 0 aliphatic heterocycles. The Morgan fingerprint density at radius 2 is 1.31 bits per heavy atom. The maximum absolute atomic E-state index is 14.6. The number of amides is 2. The van der Waals surface area contributed by atoms with Gasteiger partial charge in [-0.05, 0) is 42.0 Å². The van der Waals surface area contributed by atoms with E-state index in [1.165, 1.54) is 6.42 Å². The van der Waals surface area contributed by atoms with Gasteiger partial charge in [-0.1, -0.05) is 140 Å². The largest absolute Gasteiger partial charge is 0.352 e. The van der Waals surface area contributed by atoms with Crippen molar-refractivity contribution in [2.24, 2.45) is 0 Å². The topological polar surface area (TPSA) is 49.4 Å². The van der Waals surface area contributed by atoms with Crippen LogP contribution in [0.15, 0.2) is 115 Å². The van der Waals surface area contributed by atoms with Crippen molar-refractivity contribution in [1.29, 1.82) is 0 Å². The van der Waals surface area contributed by atoms with Gasteiger partial charge in [0.15, 0.2) is 0 Å². The zero-order valence-corrected chi connectivity index (χ0v) is 24.6. The van der Waals surface area contributed by atoms with Gasteiger partial charge in [0.1, 0.15) is 6.04 Å². The smallest absolute Gasteiger partial charge is 0.243 e. The number of carbonyl (C=O) groups is 2. The number of benzene rings is 4. The fourth-order valence-electron chi connectivity index (χ4n) is 6.20. The number of nitrogens with one attached hydrogen (secondary N) is 1. The summed E-state index contributed by atoms with van der Waals surface area (Å²) in [4.78, 5) is 30.5. The van der Waals surface area contributed by atoms with Crippen LogP contribution in [0, 0.1) is 6.92 Å². The molecule has 4 heteroatoms. The molecule has 2 amide bonds. The van der Waals surface area contributed by atoms with Crippen LogP contribution >= 0.6 is 0 Å². The number of aryl methyl sites for hydroxylation is 1. The van der Waals surface area contributed by atoms with Gasteiger partial charge in [0.05, 0.1) is 0 Å². The van der Waals surface area contributed by atoms with Crippen molar-refractivity contribution in [2.45, 2.75) is 76.4 Å². The van der Waals surface area contributed by atoms with Crippen LogP contribution in [0.5, 0.6) is 0 Å². The van der Waals surface area contributed by atoms with E-state index >= 15 is 0 Å². The normalized spacial score (nSPS) is 14.3. The molecule has 4 nitrogen and oxygen atoms in total. The Kier molecular flexibility index (Phi) is 10.2. The lowest BCUT2D eigenvalue weighted by Gasteiger charge is -2.34. The molecule has 0 spiro atoms. The van der Waals surface area contributed by atoms with Gasteiger partial charge in [-0.2, -0.15) is 0 Å². The molecule has 1 fully saturated rings. The first-order chi connectivity index (χ1) is 20.6. The average Bonchev–Trinajstić information content (AvgIpc) is 3.03. The third-order valence-corrected chi connectivity index (χ3v) is 8.44. The third-order valence-electron chi connectivity index (χ3n) is 8.44. The molecule has 0 aromatic heterocycles. The highest BCUT2D eigenvalue weighted by atomic mass is 16.2. The molecule has 1 aliphatic carbocycles. The molecule has 4 aromatic rings. The van der Waals surface area contributed by atoms with Gasteiger partial charge in [-0.25, -0.2) is 0 Å². The van der Waals surface area contributed by atoms with Crippen molar-refractivity contribution in [1.82, 2.24) is 10.2 Å². The number of carbonyl (C=O) groups excluding carboxylic acids is 2. The lowest BCUT2D eigenvalue weighted by molar-refractivity contribution is -0.141. The Morgan fingerprint density at radius 1 is 0.738 bits per heavy atom. The van der Waals surface area contributed by atoms with E-state index in [9.17, 15) is 9.59 Å². The Hall–Kier alpha value is -4.18. The summed E-state index contributed by atoms with van der Waals surface area (Å²) < 4.78 is 0. The molecule has 5 rings (SSSR count). The maximum Gasteiger partial charge on any atom is 0.243 e. The number of hydrogen-bond donors (Lipinski definition) is 1. The summed E-state index contributed by atoms with van der Waals surface area (Å²) in [6, 6.07) is 38.4. The van der Waals surface area contributed by atoms with Crippen molar-refractivity contribution in [3.05, 3.63) is 143 Å². The second-order valence-corrected chi connectivity index (χ2v) is 11.6. The van der Waals surface area contributed by atoms with Crippen LogP contribution in [0.4, 0.5) is 0 Å². The predicted octanol–water partition coefficient (Wildman–Crippen LogP) is 7.61. The van der Waals surface area contributed by atoms with Gasteiger partial charge in [-0.15, -0.1) is 0 Å². The lowest BCUT2D eigenvalue weighted by Crippen LogP contribution is -2.53. The second kappa shape index (κ2) is 14.6. The van der Waals surface area contributed by atoms with E-state index in [0.29, 0.717) is 13.0 Å². The highest BCUT2D eigenvalue weighted by Gasteiger charge is 2.33. The van der Waals surface area contributed by atoms with Crippen molar-refractivity contribution in [2.75, 3.05) is 0 Å². The van der Waals surface area contributed by atoms with Gasteiger partial charge in [0.25, 0.3) is 0 Å². The predicted molar refractivity (Wildman–Crippen MR) is 170 cm³/mol. The summed E-state index contributed by atoms with van der Waals surface area (Å²) in [7, 11) is 0. The average molecular weight is 559 g/mol. The van der Waals surface area contributed by atoms with Gasteiger partial charge >= 0.3 is 0 Å². The first-order valence-corrected chi connectivity index (χ1v) is 15.4. The summed E-state index contributed by atoms with van der Waals surface area (Å²) in [5, 5.41) is 3.36. The van der Waals surface area contributed by atoms with E-state index in [1.54, 1.807) is 0 Å². The molecule has 0 saturated heterocycles. The molecular weight excluding hydrogens is 516 g/mol. The van der Waals surface area contributed by atoms with Crippen LogP contribution in [0.1, 0.15) is 72.3 Å². The third kappa shape index (κ3) is 7.97. The zero-order chi connectivity index (χ0) is 29.1. The van der Waals surface area contributed by atoms with Gasteiger partial charge in [0.2, 0.25) is 11.8 Å². The summed E-state index contributed by atoms with van der Waals surface area (Å²) in [6.07, 6.45) is 6.24. The van der Waals surface area contributed by atoms with Crippen LogP contribution in [-0.4, -0.2) is 28.8 Å². The number of hydrogen-bond acceptors (Lipinski definition) is 2. The first kappa shape index (κ1) is 29.3. The highest BCUT2D eigenvalue weighted by molar-refractivity contribution is 5.88. The van der Waals surface area contributed by atoms with E-state index in [4.69, 9.17) is 0 Å². The molecule has 1 atom stereocenters. The molecule has 0 radical (unpaired) electrons. The monoisotopic (exact) mass is 558 g/mol. The van der Waals surface area contributed by atoms with Crippen LogP contribution in [0.3, 0.4) is 0 Å². The number of nitrogens with zero attached hydrogens (tertiary/aromatic N) is 1. The molecule has 0 heterocycles. The van der Waals surface area contributed by atoms with E-state index in [2.05, 4.69) is 54.7 Å². The molecule has 1 unspecified atom stereocenters. The molecule has 0 bridgehead atoms. The molecular formula is C38H42N2O2. The fraction of sp³-hybridized carbons (Fsp3) is 0.316. The minimum absolute atomic E-state index is 0.0195. The van der Waals surface area contributed by atoms with E-state index < -0.39 is 6.04 Å². The van der Waals surface area contributed by atoms with E-state index in [1.807, 2.05) is 77.7 Å². The van der Waals surface area contributed by atoms with E-state index in [0.717, 1.165) is 53.5 Å². The minimum atomic E-state index is -0.616. The van der Waals surface area contributed by atoms with Gasteiger partial charge < -0.3 is 10.2 Å². The zero-order valence-electron chi connectivity index (χ0n) is 24.6. The molecule has 4 aromatic carbocycles.